The van der Waals surface area contributed by atoms with Crippen LogP contribution in [-0.2, 0) is 4.79 Å². The molecular formula is C19H27NO4. The maximum Gasteiger partial charge on any atom is 0.252 e. The lowest BCUT2D eigenvalue weighted by atomic mass is 9.66. The van der Waals surface area contributed by atoms with Crippen LogP contribution in [0, 0.1) is 17.8 Å². The molecule has 0 spiro atoms. The van der Waals surface area contributed by atoms with Crippen molar-refractivity contribution in [3.05, 3.63) is 29.8 Å². The number of aromatic hydroxyl groups is 1. The number of aliphatic hydroxyl groups is 1. The minimum atomic E-state index is -1.44. The lowest BCUT2D eigenvalue weighted by Gasteiger charge is -2.43. The predicted octanol–water partition coefficient (Wildman–Crippen LogP) is 2.51. The Balaban J connectivity index is 2.07. The molecular weight excluding hydrogens is 306 g/mol. The van der Waals surface area contributed by atoms with E-state index < -0.39 is 11.5 Å². The van der Waals surface area contributed by atoms with E-state index >= 15 is 0 Å². The van der Waals surface area contributed by atoms with Crippen molar-refractivity contribution in [2.45, 2.75) is 45.6 Å². The number of ketones is 1. The molecule has 0 saturated heterocycles. The number of carbonyl (C=O) groups is 2. The highest BCUT2D eigenvalue weighted by Crippen LogP contribution is 2.41. The summed E-state index contributed by atoms with van der Waals surface area (Å²) in [6, 6.07) is 6.22. The number of para-hydroxylation sites is 1. The van der Waals surface area contributed by atoms with Crippen LogP contribution in [0.3, 0.4) is 0 Å². The van der Waals surface area contributed by atoms with Gasteiger partial charge in [0.25, 0.3) is 5.91 Å². The second-order valence-corrected chi connectivity index (χ2v) is 7.28. The highest BCUT2D eigenvalue weighted by molar-refractivity contribution is 6.02. The molecule has 5 heteroatoms. The van der Waals surface area contributed by atoms with Gasteiger partial charge in [0.1, 0.15) is 11.4 Å². The molecule has 0 aromatic heterocycles. The molecule has 3 atom stereocenters. The van der Waals surface area contributed by atoms with E-state index in [1.54, 1.807) is 12.1 Å². The van der Waals surface area contributed by atoms with Gasteiger partial charge in [-0.3, -0.25) is 9.59 Å². The van der Waals surface area contributed by atoms with Crippen molar-refractivity contribution in [2.75, 3.05) is 6.54 Å². The summed E-state index contributed by atoms with van der Waals surface area (Å²) in [5, 5.41) is 23.3. The van der Waals surface area contributed by atoms with Gasteiger partial charge in [-0.15, -0.1) is 0 Å². The fraction of sp³-hybridized carbons (Fsp3) is 0.579. The van der Waals surface area contributed by atoms with E-state index in [2.05, 4.69) is 5.32 Å². The number of phenols is 1. The van der Waals surface area contributed by atoms with Crippen molar-refractivity contribution < 1.29 is 19.8 Å². The fourth-order valence-electron chi connectivity index (χ4n) is 3.75. The summed E-state index contributed by atoms with van der Waals surface area (Å²) in [4.78, 5) is 24.8. The van der Waals surface area contributed by atoms with E-state index in [1.165, 1.54) is 12.1 Å². The van der Waals surface area contributed by atoms with Crippen molar-refractivity contribution in [1.29, 1.82) is 0 Å². The Kier molecular flexibility index (Phi) is 5.65. The number of amides is 1. The van der Waals surface area contributed by atoms with E-state index in [0.717, 1.165) is 12.8 Å². The first-order valence-electron chi connectivity index (χ1n) is 8.57. The van der Waals surface area contributed by atoms with Gasteiger partial charge in [0.2, 0.25) is 0 Å². The Morgan fingerprint density at radius 3 is 2.58 bits per heavy atom. The van der Waals surface area contributed by atoms with Gasteiger partial charge < -0.3 is 15.5 Å². The molecule has 1 saturated carbocycles. The minimum Gasteiger partial charge on any atom is -0.507 e. The van der Waals surface area contributed by atoms with Crippen molar-refractivity contribution in [3.63, 3.8) is 0 Å². The van der Waals surface area contributed by atoms with Gasteiger partial charge in [-0.25, -0.2) is 0 Å². The van der Waals surface area contributed by atoms with Gasteiger partial charge in [0.05, 0.1) is 12.1 Å². The van der Waals surface area contributed by atoms with Crippen LogP contribution in [0.1, 0.15) is 50.4 Å². The zero-order valence-corrected chi connectivity index (χ0v) is 14.6. The number of carbonyl (C=O) groups excluding carboxylic acids is 2. The van der Waals surface area contributed by atoms with Gasteiger partial charge in [0.15, 0.2) is 5.78 Å². The Bertz CT molecular complexity index is 613. The van der Waals surface area contributed by atoms with Gasteiger partial charge in [-0.2, -0.15) is 0 Å². The number of hydrogen-bond donors (Lipinski definition) is 3. The third-order valence-corrected chi connectivity index (χ3v) is 5.06. The van der Waals surface area contributed by atoms with Crippen molar-refractivity contribution in [3.8, 4) is 5.75 Å². The van der Waals surface area contributed by atoms with E-state index in [4.69, 9.17) is 0 Å². The normalized spacial score (nSPS) is 27.0. The summed E-state index contributed by atoms with van der Waals surface area (Å²) in [5.74, 6) is -0.644. The van der Waals surface area contributed by atoms with E-state index in [9.17, 15) is 19.8 Å². The molecule has 0 heterocycles. The summed E-state index contributed by atoms with van der Waals surface area (Å²) >= 11 is 0. The monoisotopic (exact) mass is 333 g/mol. The average molecular weight is 333 g/mol. The van der Waals surface area contributed by atoms with Crippen LogP contribution >= 0.6 is 0 Å². The fourth-order valence-corrected chi connectivity index (χ4v) is 3.75. The molecule has 1 aliphatic carbocycles. The summed E-state index contributed by atoms with van der Waals surface area (Å²) < 4.78 is 0. The molecule has 132 valence electrons. The summed E-state index contributed by atoms with van der Waals surface area (Å²) in [6.07, 6.45) is 2.21. The summed E-state index contributed by atoms with van der Waals surface area (Å²) in [6.45, 7) is 5.80. The van der Waals surface area contributed by atoms with E-state index in [-0.39, 0.29) is 41.4 Å². The van der Waals surface area contributed by atoms with Crippen LogP contribution < -0.4 is 5.32 Å². The predicted molar refractivity (Wildman–Crippen MR) is 91.7 cm³/mol. The van der Waals surface area contributed by atoms with Crippen LogP contribution in [0.25, 0.3) is 0 Å². The van der Waals surface area contributed by atoms with Gasteiger partial charge in [0, 0.05) is 0 Å². The number of nitrogens with one attached hydrogen (secondary N) is 1. The largest absolute Gasteiger partial charge is 0.507 e. The molecule has 2 unspecified atom stereocenters. The average Bonchev–Trinajstić information content (AvgIpc) is 2.52. The smallest absolute Gasteiger partial charge is 0.252 e. The molecule has 1 fully saturated rings. The molecule has 0 aliphatic heterocycles. The molecule has 1 aromatic carbocycles. The Labute approximate surface area is 143 Å². The second-order valence-electron chi connectivity index (χ2n) is 7.28. The molecule has 0 radical (unpaired) electrons. The summed E-state index contributed by atoms with van der Waals surface area (Å²) in [7, 11) is 0. The second kappa shape index (κ2) is 7.34. The highest BCUT2D eigenvalue weighted by Gasteiger charge is 2.48. The molecule has 24 heavy (non-hydrogen) atoms. The first kappa shape index (κ1) is 18.5. The quantitative estimate of drug-likeness (QED) is 0.723. The molecule has 1 aromatic rings. The number of phenolic OH excluding ortho intramolecular Hbond substituents is 1. The summed E-state index contributed by atoms with van der Waals surface area (Å²) in [5.41, 5.74) is -1.27. The minimum absolute atomic E-state index is 0.109. The SMILES string of the molecule is CC1CCC(C(C)C)[C@@](O)(C(=O)NCC(=O)c2ccccc2O)C1. The van der Waals surface area contributed by atoms with Crippen LogP contribution in [-0.4, -0.2) is 34.0 Å². The van der Waals surface area contributed by atoms with Gasteiger partial charge in [-0.1, -0.05) is 39.3 Å². The standard InChI is InChI=1S/C19H27NO4/c1-12(2)15-9-8-13(3)10-19(15,24)18(23)20-11-17(22)14-6-4-5-7-16(14)21/h4-7,12-13,15,21,24H,8-11H2,1-3H3,(H,20,23)/t13?,15?,19-/m1/s1. The maximum absolute atomic E-state index is 12.6. The molecule has 2 rings (SSSR count). The number of benzene rings is 1. The topological polar surface area (TPSA) is 86.6 Å². The third-order valence-electron chi connectivity index (χ3n) is 5.06. The Morgan fingerprint density at radius 2 is 1.96 bits per heavy atom. The molecule has 0 bridgehead atoms. The Morgan fingerprint density at radius 1 is 1.29 bits per heavy atom. The third kappa shape index (κ3) is 3.78. The highest BCUT2D eigenvalue weighted by atomic mass is 16.3. The van der Waals surface area contributed by atoms with E-state index in [0.29, 0.717) is 6.42 Å². The lowest BCUT2D eigenvalue weighted by molar-refractivity contribution is -0.155. The zero-order chi connectivity index (χ0) is 17.9. The molecule has 1 amide bonds. The molecule has 1 aliphatic rings. The van der Waals surface area contributed by atoms with Crippen LogP contribution in [0.5, 0.6) is 5.75 Å². The first-order valence-corrected chi connectivity index (χ1v) is 8.57. The van der Waals surface area contributed by atoms with Crippen molar-refractivity contribution in [1.82, 2.24) is 5.32 Å². The molecule has 5 nitrogen and oxygen atoms in total. The van der Waals surface area contributed by atoms with Crippen molar-refractivity contribution >= 4 is 11.7 Å². The maximum atomic E-state index is 12.6. The van der Waals surface area contributed by atoms with Crippen LogP contribution in [0.15, 0.2) is 24.3 Å². The van der Waals surface area contributed by atoms with Crippen molar-refractivity contribution in [2.24, 2.45) is 17.8 Å². The Hall–Kier alpha value is -1.88. The van der Waals surface area contributed by atoms with E-state index in [1.807, 2.05) is 20.8 Å². The molecule has 3 N–H and O–H groups in total. The number of hydrogen-bond acceptors (Lipinski definition) is 4. The van der Waals surface area contributed by atoms with Gasteiger partial charge >= 0.3 is 0 Å². The van der Waals surface area contributed by atoms with Crippen LogP contribution in [0.4, 0.5) is 0 Å². The number of rotatable bonds is 5. The first-order chi connectivity index (χ1) is 11.3. The number of Topliss-reactive ketones (excluding diaryl/α,β-unsaturated/α-hetero) is 1. The lowest BCUT2D eigenvalue weighted by Crippen LogP contribution is -2.56. The van der Waals surface area contributed by atoms with Gasteiger partial charge in [-0.05, 0) is 42.7 Å². The zero-order valence-electron chi connectivity index (χ0n) is 14.6. The van der Waals surface area contributed by atoms with Crippen LogP contribution in [0.2, 0.25) is 0 Å².